The van der Waals surface area contributed by atoms with Gasteiger partial charge in [0.2, 0.25) is 0 Å². The van der Waals surface area contributed by atoms with Crippen LogP contribution in [0.25, 0.3) is 0 Å². The van der Waals surface area contributed by atoms with Crippen molar-refractivity contribution in [2.24, 2.45) is 0 Å². The predicted molar refractivity (Wildman–Crippen MR) is 75.9 cm³/mol. The Labute approximate surface area is 112 Å². The zero-order chi connectivity index (χ0) is 12.5. The van der Waals surface area contributed by atoms with Gasteiger partial charge in [0.1, 0.15) is 0 Å². The Hall–Kier alpha value is -1.51. The van der Waals surface area contributed by atoms with E-state index >= 15 is 0 Å². The van der Waals surface area contributed by atoms with E-state index in [9.17, 15) is 0 Å². The van der Waals surface area contributed by atoms with Crippen molar-refractivity contribution in [2.45, 2.75) is 13.0 Å². The van der Waals surface area contributed by atoms with Crippen LogP contribution in [0.1, 0.15) is 24.1 Å². The third kappa shape index (κ3) is 1.88. The normalized spacial score (nSPS) is 17.9. The Balaban J connectivity index is 2.08. The summed E-state index contributed by atoms with van der Waals surface area (Å²) in [4.78, 5) is 0. The minimum atomic E-state index is 0.194. The predicted octanol–water partition coefficient (Wildman–Crippen LogP) is 3.77. The molecular formula is C15H15ClN2. The molecule has 2 aromatic rings. The molecule has 0 fully saturated rings. The molecule has 2 nitrogen and oxygen atoms in total. The zero-order valence-electron chi connectivity index (χ0n) is 10.2. The van der Waals surface area contributed by atoms with Gasteiger partial charge in [0.15, 0.2) is 0 Å². The molecule has 1 aliphatic rings. The SMILES string of the molecule is CCN1NC(c2ccccc2)c2cc(Cl)ccc21. The Morgan fingerprint density at radius 2 is 1.94 bits per heavy atom. The van der Waals surface area contributed by atoms with Gasteiger partial charge in [-0.25, -0.2) is 5.43 Å². The molecule has 2 aromatic carbocycles. The van der Waals surface area contributed by atoms with Crippen molar-refractivity contribution < 1.29 is 0 Å². The maximum Gasteiger partial charge on any atom is 0.0783 e. The molecule has 18 heavy (non-hydrogen) atoms. The third-order valence-electron chi connectivity index (χ3n) is 3.33. The molecule has 0 spiro atoms. The van der Waals surface area contributed by atoms with Crippen LogP contribution in [0.2, 0.25) is 5.02 Å². The van der Waals surface area contributed by atoms with Gasteiger partial charge in [-0.3, -0.25) is 0 Å². The quantitative estimate of drug-likeness (QED) is 0.882. The fourth-order valence-electron chi connectivity index (χ4n) is 2.46. The Morgan fingerprint density at radius 3 is 2.67 bits per heavy atom. The summed E-state index contributed by atoms with van der Waals surface area (Å²) in [5.74, 6) is 0. The Bertz CT molecular complexity index is 554. The summed E-state index contributed by atoms with van der Waals surface area (Å²) in [5, 5.41) is 2.96. The largest absolute Gasteiger partial charge is 0.307 e. The smallest absolute Gasteiger partial charge is 0.0783 e. The van der Waals surface area contributed by atoms with E-state index in [0.717, 1.165) is 11.6 Å². The second-order valence-electron chi connectivity index (χ2n) is 4.42. The van der Waals surface area contributed by atoms with Crippen LogP contribution < -0.4 is 10.4 Å². The van der Waals surface area contributed by atoms with Crippen LogP contribution in [-0.2, 0) is 0 Å². The lowest BCUT2D eigenvalue weighted by Crippen LogP contribution is -2.34. The molecule has 0 saturated carbocycles. The van der Waals surface area contributed by atoms with Gasteiger partial charge in [0, 0.05) is 17.1 Å². The molecular weight excluding hydrogens is 244 g/mol. The summed E-state index contributed by atoms with van der Waals surface area (Å²) < 4.78 is 0. The van der Waals surface area contributed by atoms with Crippen LogP contribution in [-0.4, -0.2) is 6.54 Å². The van der Waals surface area contributed by atoms with Crippen molar-refractivity contribution in [3.05, 3.63) is 64.7 Å². The van der Waals surface area contributed by atoms with Gasteiger partial charge in [-0.05, 0) is 30.7 Å². The summed E-state index contributed by atoms with van der Waals surface area (Å²) in [7, 11) is 0. The molecule has 3 heteroatoms. The molecule has 1 N–H and O–H groups in total. The topological polar surface area (TPSA) is 15.3 Å². The number of hydrazine groups is 1. The molecule has 0 aromatic heterocycles. The molecule has 92 valence electrons. The van der Waals surface area contributed by atoms with Gasteiger partial charge in [-0.15, -0.1) is 0 Å². The highest BCUT2D eigenvalue weighted by Gasteiger charge is 2.28. The molecule has 1 unspecified atom stereocenters. The van der Waals surface area contributed by atoms with Crippen LogP contribution in [0.5, 0.6) is 0 Å². The number of nitrogens with one attached hydrogen (secondary N) is 1. The summed E-state index contributed by atoms with van der Waals surface area (Å²) >= 11 is 6.12. The highest BCUT2D eigenvalue weighted by atomic mass is 35.5. The molecule has 0 radical (unpaired) electrons. The average Bonchev–Trinajstić information content (AvgIpc) is 2.77. The standard InChI is InChI=1S/C15H15ClN2/c1-2-18-14-9-8-12(16)10-13(14)15(17-18)11-6-4-3-5-7-11/h3-10,15,17H,2H2,1H3. The van der Waals surface area contributed by atoms with Crippen LogP contribution in [0, 0.1) is 0 Å². The zero-order valence-corrected chi connectivity index (χ0v) is 11.0. The Kier molecular flexibility index (Phi) is 2.98. The third-order valence-corrected chi connectivity index (χ3v) is 3.56. The fraction of sp³-hybridized carbons (Fsp3) is 0.200. The summed E-state index contributed by atoms with van der Waals surface area (Å²) in [5.41, 5.74) is 7.25. The highest BCUT2D eigenvalue weighted by Crippen LogP contribution is 2.37. The minimum Gasteiger partial charge on any atom is -0.307 e. The van der Waals surface area contributed by atoms with E-state index in [1.54, 1.807) is 0 Å². The lowest BCUT2D eigenvalue weighted by atomic mass is 9.99. The van der Waals surface area contributed by atoms with Crippen LogP contribution >= 0.6 is 11.6 Å². The van der Waals surface area contributed by atoms with Crippen molar-refractivity contribution in [1.82, 2.24) is 5.43 Å². The van der Waals surface area contributed by atoms with E-state index in [-0.39, 0.29) is 6.04 Å². The summed E-state index contributed by atoms with van der Waals surface area (Å²) in [6.45, 7) is 3.07. The number of fused-ring (bicyclic) bond motifs is 1. The maximum atomic E-state index is 6.12. The highest BCUT2D eigenvalue weighted by molar-refractivity contribution is 6.30. The number of halogens is 1. The van der Waals surface area contributed by atoms with Gasteiger partial charge in [0.25, 0.3) is 0 Å². The van der Waals surface area contributed by atoms with Gasteiger partial charge < -0.3 is 5.01 Å². The van der Waals surface area contributed by atoms with E-state index in [0.29, 0.717) is 0 Å². The first-order valence-electron chi connectivity index (χ1n) is 6.17. The number of hydrogen-bond acceptors (Lipinski definition) is 2. The van der Waals surface area contributed by atoms with Crippen LogP contribution in [0.4, 0.5) is 5.69 Å². The lowest BCUT2D eigenvalue weighted by Gasteiger charge is -2.18. The second kappa shape index (κ2) is 4.63. The fourth-order valence-corrected chi connectivity index (χ4v) is 2.64. The van der Waals surface area contributed by atoms with Gasteiger partial charge in [-0.2, -0.15) is 0 Å². The lowest BCUT2D eigenvalue weighted by molar-refractivity contribution is 0.618. The molecule has 0 saturated heterocycles. The maximum absolute atomic E-state index is 6.12. The van der Waals surface area contributed by atoms with E-state index in [4.69, 9.17) is 11.6 Å². The molecule has 3 rings (SSSR count). The van der Waals surface area contributed by atoms with Crippen LogP contribution in [0.3, 0.4) is 0 Å². The molecule has 1 aliphatic heterocycles. The molecule has 0 amide bonds. The monoisotopic (exact) mass is 258 g/mol. The van der Waals surface area contributed by atoms with Gasteiger partial charge >= 0.3 is 0 Å². The van der Waals surface area contributed by atoms with E-state index in [1.807, 2.05) is 12.1 Å². The number of rotatable bonds is 2. The summed E-state index contributed by atoms with van der Waals surface area (Å²) in [6.07, 6.45) is 0. The van der Waals surface area contributed by atoms with Crippen molar-refractivity contribution in [3.63, 3.8) is 0 Å². The molecule has 0 aliphatic carbocycles. The summed E-state index contributed by atoms with van der Waals surface area (Å²) in [6, 6.07) is 16.7. The number of benzene rings is 2. The van der Waals surface area contributed by atoms with Crippen LogP contribution in [0.15, 0.2) is 48.5 Å². The number of hydrogen-bond donors (Lipinski definition) is 1. The molecule has 1 heterocycles. The van der Waals surface area contributed by atoms with E-state index in [2.05, 4.69) is 53.8 Å². The van der Waals surface area contributed by atoms with Gasteiger partial charge in [-0.1, -0.05) is 41.9 Å². The van der Waals surface area contributed by atoms with E-state index < -0.39 is 0 Å². The molecule has 1 atom stereocenters. The van der Waals surface area contributed by atoms with E-state index in [1.165, 1.54) is 16.8 Å². The number of anilines is 1. The first kappa shape index (κ1) is 11.6. The van der Waals surface area contributed by atoms with Crippen molar-refractivity contribution in [1.29, 1.82) is 0 Å². The molecule has 0 bridgehead atoms. The van der Waals surface area contributed by atoms with Crippen molar-refractivity contribution >= 4 is 17.3 Å². The average molecular weight is 259 g/mol. The first-order chi connectivity index (χ1) is 8.79. The second-order valence-corrected chi connectivity index (χ2v) is 4.86. The first-order valence-corrected chi connectivity index (χ1v) is 6.55. The van der Waals surface area contributed by atoms with Crippen molar-refractivity contribution in [2.75, 3.05) is 11.6 Å². The number of nitrogens with zero attached hydrogens (tertiary/aromatic N) is 1. The van der Waals surface area contributed by atoms with Crippen molar-refractivity contribution in [3.8, 4) is 0 Å². The Morgan fingerprint density at radius 1 is 1.17 bits per heavy atom. The minimum absolute atomic E-state index is 0.194. The van der Waals surface area contributed by atoms with Gasteiger partial charge in [0.05, 0.1) is 11.7 Å².